The second kappa shape index (κ2) is 5.63. The van der Waals surface area contributed by atoms with Gasteiger partial charge < -0.3 is 28.2 Å². The van der Waals surface area contributed by atoms with E-state index in [1.165, 1.54) is 0 Å². The number of hydrogen-bond donors (Lipinski definition) is 0. The zero-order valence-corrected chi connectivity index (χ0v) is 8.76. The van der Waals surface area contributed by atoms with Crippen LogP contribution in [0.15, 0.2) is 0 Å². The SMILES string of the molecule is [Cu+2].[O-][Si]([O-])([O-])[O-].[Pb+2]. The molecule has 0 amide bonds. The minimum Gasteiger partial charge on any atom is -0.894 e. The summed E-state index contributed by atoms with van der Waals surface area (Å²) in [5.41, 5.74) is 0. The average molecular weight is 363 g/mol. The van der Waals surface area contributed by atoms with E-state index in [1.807, 2.05) is 0 Å². The maximum atomic E-state index is 8.58. The summed E-state index contributed by atoms with van der Waals surface area (Å²) in [6.07, 6.45) is 0. The van der Waals surface area contributed by atoms with Crippen molar-refractivity contribution in [1.82, 2.24) is 0 Å². The fourth-order valence-corrected chi connectivity index (χ4v) is 0. The van der Waals surface area contributed by atoms with Gasteiger partial charge in [0.15, 0.2) is 0 Å². The first-order valence-electron chi connectivity index (χ1n) is 0.816. The quantitative estimate of drug-likeness (QED) is 0.402. The Morgan fingerprint density at radius 3 is 0.857 bits per heavy atom. The van der Waals surface area contributed by atoms with E-state index in [-0.39, 0.29) is 44.4 Å². The van der Waals surface area contributed by atoms with Crippen LogP contribution in [0.2, 0.25) is 0 Å². The van der Waals surface area contributed by atoms with Crippen molar-refractivity contribution < 1.29 is 36.3 Å². The van der Waals surface area contributed by atoms with Gasteiger partial charge in [-0.1, -0.05) is 0 Å². The van der Waals surface area contributed by atoms with E-state index in [0.29, 0.717) is 0 Å². The Morgan fingerprint density at radius 1 is 0.857 bits per heavy atom. The van der Waals surface area contributed by atoms with E-state index in [0.717, 1.165) is 0 Å². The van der Waals surface area contributed by atoms with E-state index in [2.05, 4.69) is 0 Å². The zero-order chi connectivity index (χ0) is 4.50. The molecule has 7 heavy (non-hydrogen) atoms. The fourth-order valence-electron chi connectivity index (χ4n) is 0. The number of hydrogen-bond acceptors (Lipinski definition) is 4. The molecule has 0 saturated carbocycles. The first-order valence-corrected chi connectivity index (χ1v) is 2.45. The van der Waals surface area contributed by atoms with Gasteiger partial charge in [-0.3, -0.25) is 0 Å². The molecule has 0 fully saturated rings. The van der Waals surface area contributed by atoms with Crippen molar-refractivity contribution in [3.05, 3.63) is 0 Å². The normalized spacial score (nSPS) is 8.57. The molecule has 0 saturated heterocycles. The minimum absolute atomic E-state index is 0. The van der Waals surface area contributed by atoms with Crippen LogP contribution in [0.25, 0.3) is 0 Å². The molecule has 0 bridgehead atoms. The predicted octanol–water partition coefficient (Wildman–Crippen LogP) is -5.52. The Labute approximate surface area is 72.3 Å². The molecule has 0 unspecified atom stereocenters. The van der Waals surface area contributed by atoms with Crippen molar-refractivity contribution in [1.29, 1.82) is 0 Å². The van der Waals surface area contributed by atoms with Crippen LogP contribution in [-0.4, -0.2) is 36.3 Å². The summed E-state index contributed by atoms with van der Waals surface area (Å²) < 4.78 is 0. The molecule has 0 heterocycles. The van der Waals surface area contributed by atoms with E-state index >= 15 is 0 Å². The van der Waals surface area contributed by atoms with E-state index in [4.69, 9.17) is 19.2 Å². The Kier molecular flexibility index (Phi) is 12.7. The molecule has 0 N–H and O–H groups in total. The zero-order valence-electron chi connectivity index (χ0n) is 2.93. The van der Waals surface area contributed by atoms with Crippen molar-refractivity contribution >= 4 is 36.3 Å². The molecule has 4 nitrogen and oxygen atoms in total. The third-order valence-electron chi connectivity index (χ3n) is 0. The van der Waals surface area contributed by atoms with Crippen molar-refractivity contribution in [3.8, 4) is 0 Å². The fraction of sp³-hybridized carbons (Fsp3) is 0. The van der Waals surface area contributed by atoms with Crippen LogP contribution in [-0.2, 0) is 17.1 Å². The summed E-state index contributed by atoms with van der Waals surface area (Å²) >= 11 is 0. The first kappa shape index (κ1) is 15.8. The van der Waals surface area contributed by atoms with Gasteiger partial charge in [0, 0.05) is 0 Å². The van der Waals surface area contributed by atoms with Gasteiger partial charge in [0.05, 0.1) is 0 Å². The monoisotopic (exact) mass is 363 g/mol. The number of rotatable bonds is 0. The molecular formula is CuO4PbSi. The third kappa shape index (κ3) is 101. The maximum Gasteiger partial charge on any atom is 2.00 e. The predicted molar refractivity (Wildman–Crippen MR) is 11.5 cm³/mol. The van der Waals surface area contributed by atoms with Gasteiger partial charge in [-0.15, -0.1) is 0 Å². The van der Waals surface area contributed by atoms with Gasteiger partial charge in [-0.05, 0) is 0 Å². The second-order valence-electron chi connectivity index (χ2n) is 0.500. The Hall–Kier alpha value is 1.50. The van der Waals surface area contributed by atoms with Gasteiger partial charge in [0.2, 0.25) is 0 Å². The van der Waals surface area contributed by atoms with Gasteiger partial charge in [0.1, 0.15) is 0 Å². The van der Waals surface area contributed by atoms with Crippen molar-refractivity contribution in [2.24, 2.45) is 0 Å². The van der Waals surface area contributed by atoms with Crippen LogP contribution in [0, 0.1) is 0 Å². The van der Waals surface area contributed by atoms with Crippen LogP contribution in [0.4, 0.5) is 0 Å². The molecule has 0 aliphatic rings. The molecule has 0 spiro atoms. The van der Waals surface area contributed by atoms with Crippen LogP contribution in [0.3, 0.4) is 0 Å². The van der Waals surface area contributed by atoms with Crippen molar-refractivity contribution in [3.63, 3.8) is 0 Å². The van der Waals surface area contributed by atoms with Gasteiger partial charge in [-0.25, -0.2) is 0 Å². The molecule has 7 heteroatoms. The standard InChI is InChI=1S/Cu.O4Si.Pb/c;1-5(2,3)4;/q+2;-4;+2. The van der Waals surface area contributed by atoms with Crippen LogP contribution >= 0.6 is 0 Å². The third-order valence-corrected chi connectivity index (χ3v) is 0. The van der Waals surface area contributed by atoms with Gasteiger partial charge >= 0.3 is 44.4 Å². The largest absolute Gasteiger partial charge is 2.00 e. The molecule has 0 aromatic heterocycles. The van der Waals surface area contributed by atoms with Crippen LogP contribution in [0.5, 0.6) is 0 Å². The van der Waals surface area contributed by atoms with Crippen LogP contribution < -0.4 is 19.2 Å². The Bertz CT molecular complexity index is 27.2. The molecule has 0 aliphatic carbocycles. The summed E-state index contributed by atoms with van der Waals surface area (Å²) in [6.45, 7) is 0. The van der Waals surface area contributed by atoms with Crippen molar-refractivity contribution in [2.75, 3.05) is 0 Å². The molecule has 0 atom stereocenters. The van der Waals surface area contributed by atoms with E-state index < -0.39 is 9.05 Å². The second-order valence-corrected chi connectivity index (χ2v) is 1.50. The summed E-state index contributed by atoms with van der Waals surface area (Å²) in [5.74, 6) is 0. The summed E-state index contributed by atoms with van der Waals surface area (Å²) in [6, 6.07) is 0. The molecule has 0 aromatic rings. The first-order chi connectivity index (χ1) is 2.00. The molecule has 3 radical (unpaired) electrons. The molecule has 0 rings (SSSR count). The van der Waals surface area contributed by atoms with Crippen LogP contribution in [0.1, 0.15) is 0 Å². The van der Waals surface area contributed by atoms with Gasteiger partial charge in [0.25, 0.3) is 0 Å². The van der Waals surface area contributed by atoms with Gasteiger partial charge in [-0.2, -0.15) is 0 Å². The smallest absolute Gasteiger partial charge is 0.894 e. The molecule has 0 aliphatic heterocycles. The minimum atomic E-state index is -5.61. The average Bonchev–Trinajstić information content (AvgIpc) is 0.722. The van der Waals surface area contributed by atoms with Crippen molar-refractivity contribution in [2.45, 2.75) is 0 Å². The summed E-state index contributed by atoms with van der Waals surface area (Å²) in [7, 11) is -5.61. The molecular weight excluding hydrogens is 363 g/mol. The molecule has 43 valence electrons. The Morgan fingerprint density at radius 2 is 0.857 bits per heavy atom. The summed E-state index contributed by atoms with van der Waals surface area (Å²) in [4.78, 5) is 34.3. The topological polar surface area (TPSA) is 92.2 Å². The molecule has 0 aromatic carbocycles. The maximum absolute atomic E-state index is 8.58. The summed E-state index contributed by atoms with van der Waals surface area (Å²) in [5, 5.41) is 0. The van der Waals surface area contributed by atoms with E-state index in [9.17, 15) is 0 Å². The Balaban J connectivity index is -0.0000000800. The van der Waals surface area contributed by atoms with E-state index in [1.54, 1.807) is 0 Å².